The number of amides is 1. The molecule has 1 aromatic rings. The molecule has 2 nitrogen and oxygen atoms in total. The Morgan fingerprint density at radius 3 is 2.47 bits per heavy atom. The Kier molecular flexibility index (Phi) is 8.06. The van der Waals surface area contributed by atoms with Gasteiger partial charge in [-0.25, -0.2) is 0 Å². The SMILES string of the molecule is CC.CCNC(=O)/C=C/c1ccccc1.[HH]. The van der Waals surface area contributed by atoms with Crippen molar-refractivity contribution in [3.8, 4) is 0 Å². The molecule has 0 aliphatic carbocycles. The molecule has 0 aliphatic rings. The quantitative estimate of drug-likeness (QED) is 0.758. The summed E-state index contributed by atoms with van der Waals surface area (Å²) in [5, 5.41) is 2.69. The first-order valence-electron chi connectivity index (χ1n) is 5.34. The van der Waals surface area contributed by atoms with Crippen LogP contribution in [0.1, 0.15) is 27.8 Å². The van der Waals surface area contributed by atoms with Crippen molar-refractivity contribution in [2.45, 2.75) is 20.8 Å². The number of nitrogens with one attached hydrogen (secondary N) is 1. The van der Waals surface area contributed by atoms with E-state index in [0.717, 1.165) is 5.56 Å². The molecule has 1 amide bonds. The zero-order valence-electron chi connectivity index (χ0n) is 9.66. The Bertz CT molecular complexity index is 296. The van der Waals surface area contributed by atoms with E-state index in [4.69, 9.17) is 0 Å². The number of rotatable bonds is 3. The van der Waals surface area contributed by atoms with Crippen LogP contribution in [0.3, 0.4) is 0 Å². The smallest absolute Gasteiger partial charge is 0.243 e. The lowest BCUT2D eigenvalue weighted by Gasteiger charge is -1.94. The summed E-state index contributed by atoms with van der Waals surface area (Å²) in [5.41, 5.74) is 1.04. The molecule has 0 saturated heterocycles. The molecule has 1 aromatic carbocycles. The second-order valence-corrected chi connectivity index (χ2v) is 2.64. The lowest BCUT2D eigenvalue weighted by molar-refractivity contribution is -0.116. The third-order valence-corrected chi connectivity index (χ3v) is 1.58. The lowest BCUT2D eigenvalue weighted by atomic mass is 10.2. The topological polar surface area (TPSA) is 29.1 Å². The Morgan fingerprint density at radius 1 is 1.33 bits per heavy atom. The summed E-state index contributed by atoms with van der Waals surface area (Å²) in [5.74, 6) is -0.0497. The molecule has 0 aliphatic heterocycles. The summed E-state index contributed by atoms with van der Waals surface area (Å²) in [4.78, 5) is 11.0. The Labute approximate surface area is 93.5 Å². The molecule has 0 aromatic heterocycles. The van der Waals surface area contributed by atoms with Crippen molar-refractivity contribution in [2.24, 2.45) is 0 Å². The van der Waals surface area contributed by atoms with E-state index in [9.17, 15) is 4.79 Å². The number of likely N-dealkylation sites (N-methyl/N-ethyl adjacent to an activating group) is 1. The van der Waals surface area contributed by atoms with Crippen molar-refractivity contribution in [1.82, 2.24) is 5.32 Å². The van der Waals surface area contributed by atoms with Crippen LogP contribution in [-0.2, 0) is 4.79 Å². The fourth-order valence-corrected chi connectivity index (χ4v) is 0.969. The maximum Gasteiger partial charge on any atom is 0.243 e. The largest absolute Gasteiger partial charge is 0.353 e. The van der Waals surface area contributed by atoms with Gasteiger partial charge in [0.05, 0.1) is 0 Å². The van der Waals surface area contributed by atoms with E-state index < -0.39 is 0 Å². The van der Waals surface area contributed by atoms with Gasteiger partial charge in [-0.05, 0) is 18.6 Å². The van der Waals surface area contributed by atoms with E-state index in [1.165, 1.54) is 0 Å². The van der Waals surface area contributed by atoms with E-state index in [2.05, 4.69) is 5.32 Å². The minimum Gasteiger partial charge on any atom is -0.353 e. The van der Waals surface area contributed by atoms with E-state index >= 15 is 0 Å². The molecule has 0 heterocycles. The van der Waals surface area contributed by atoms with Crippen LogP contribution in [0.4, 0.5) is 0 Å². The number of carbonyl (C=O) groups is 1. The number of hydrogen-bond donors (Lipinski definition) is 1. The van der Waals surface area contributed by atoms with Gasteiger partial charge in [0.2, 0.25) is 5.91 Å². The van der Waals surface area contributed by atoms with E-state index in [0.29, 0.717) is 6.54 Å². The fourth-order valence-electron chi connectivity index (χ4n) is 0.969. The number of benzene rings is 1. The van der Waals surface area contributed by atoms with Crippen molar-refractivity contribution in [3.63, 3.8) is 0 Å². The first-order valence-corrected chi connectivity index (χ1v) is 5.34. The highest BCUT2D eigenvalue weighted by Gasteiger charge is 1.90. The van der Waals surface area contributed by atoms with E-state index in [-0.39, 0.29) is 7.33 Å². The molecule has 0 radical (unpaired) electrons. The van der Waals surface area contributed by atoms with Gasteiger partial charge in [0.25, 0.3) is 0 Å². The van der Waals surface area contributed by atoms with Crippen molar-refractivity contribution in [1.29, 1.82) is 0 Å². The van der Waals surface area contributed by atoms with Crippen LogP contribution in [0.25, 0.3) is 6.08 Å². The predicted octanol–water partition coefficient (Wildman–Crippen LogP) is 3.11. The zero-order chi connectivity index (χ0) is 11.5. The second-order valence-electron chi connectivity index (χ2n) is 2.64. The summed E-state index contributed by atoms with van der Waals surface area (Å²) >= 11 is 0. The molecule has 2 heteroatoms. The minimum absolute atomic E-state index is 0. The van der Waals surface area contributed by atoms with Crippen molar-refractivity contribution < 1.29 is 6.22 Å². The third kappa shape index (κ3) is 6.49. The standard InChI is InChI=1S/C11H13NO.C2H6.H2/c1-2-12-11(13)9-8-10-6-4-3-5-7-10;1-2;/h3-9H,2H2,1H3,(H,12,13);1-2H3;1H/b9-8+;;. The average molecular weight is 207 g/mol. The van der Waals surface area contributed by atoms with Crippen molar-refractivity contribution in [3.05, 3.63) is 42.0 Å². The van der Waals surface area contributed by atoms with E-state index in [1.807, 2.05) is 51.1 Å². The summed E-state index contributed by atoms with van der Waals surface area (Å²) in [6, 6.07) is 9.74. The monoisotopic (exact) mass is 207 g/mol. The lowest BCUT2D eigenvalue weighted by Crippen LogP contribution is -2.19. The van der Waals surface area contributed by atoms with Gasteiger partial charge in [0.15, 0.2) is 0 Å². The summed E-state index contributed by atoms with van der Waals surface area (Å²) < 4.78 is 0. The highest BCUT2D eigenvalue weighted by molar-refractivity contribution is 5.91. The van der Waals surface area contributed by atoms with Crippen LogP contribution in [-0.4, -0.2) is 12.5 Å². The minimum atomic E-state index is -0.0497. The van der Waals surface area contributed by atoms with Gasteiger partial charge in [-0.3, -0.25) is 4.79 Å². The molecule has 0 spiro atoms. The van der Waals surface area contributed by atoms with Gasteiger partial charge < -0.3 is 5.32 Å². The summed E-state index contributed by atoms with van der Waals surface area (Å²) in [6.45, 7) is 6.56. The molecule has 0 saturated carbocycles. The highest BCUT2D eigenvalue weighted by atomic mass is 16.1. The number of carbonyl (C=O) groups excluding carboxylic acids is 1. The van der Waals surface area contributed by atoms with Gasteiger partial charge >= 0.3 is 0 Å². The average Bonchev–Trinajstić information content (AvgIpc) is 2.31. The molecule has 0 fully saturated rings. The Balaban J connectivity index is 0. The van der Waals surface area contributed by atoms with Crippen LogP contribution >= 0.6 is 0 Å². The predicted molar refractivity (Wildman–Crippen MR) is 67.6 cm³/mol. The molecule has 1 N–H and O–H groups in total. The first-order chi connectivity index (χ1) is 7.33. The third-order valence-electron chi connectivity index (χ3n) is 1.58. The van der Waals surface area contributed by atoms with Gasteiger partial charge in [0, 0.05) is 14.0 Å². The Morgan fingerprint density at radius 2 is 1.93 bits per heavy atom. The summed E-state index contributed by atoms with van der Waals surface area (Å²) in [6.07, 6.45) is 3.34. The van der Waals surface area contributed by atoms with Crippen LogP contribution in [0, 0.1) is 0 Å². The highest BCUT2D eigenvalue weighted by Crippen LogP contribution is 2.00. The molecular weight excluding hydrogens is 186 g/mol. The molecule has 0 atom stereocenters. The zero-order valence-corrected chi connectivity index (χ0v) is 9.66. The first kappa shape index (κ1) is 13.4. The molecule has 84 valence electrons. The van der Waals surface area contributed by atoms with Crippen LogP contribution in [0.2, 0.25) is 0 Å². The van der Waals surface area contributed by atoms with Gasteiger partial charge in [0.1, 0.15) is 0 Å². The molecular formula is C13H21NO. The van der Waals surface area contributed by atoms with Crippen molar-refractivity contribution in [2.75, 3.05) is 6.54 Å². The van der Waals surface area contributed by atoms with Gasteiger partial charge in [-0.15, -0.1) is 0 Å². The summed E-state index contributed by atoms with van der Waals surface area (Å²) in [7, 11) is 0. The normalized spacial score (nSPS) is 9.27. The maximum atomic E-state index is 11.0. The Hall–Kier alpha value is -1.57. The number of hydrogen-bond acceptors (Lipinski definition) is 1. The van der Waals surface area contributed by atoms with Crippen LogP contribution in [0.5, 0.6) is 0 Å². The maximum absolute atomic E-state index is 11.0. The fraction of sp³-hybridized carbons (Fsp3) is 0.308. The van der Waals surface area contributed by atoms with Crippen LogP contribution < -0.4 is 5.32 Å². The van der Waals surface area contributed by atoms with Crippen molar-refractivity contribution >= 4 is 12.0 Å². The van der Waals surface area contributed by atoms with E-state index in [1.54, 1.807) is 12.2 Å². The molecule has 1 rings (SSSR count). The van der Waals surface area contributed by atoms with Gasteiger partial charge in [-0.1, -0.05) is 44.2 Å². The molecule has 15 heavy (non-hydrogen) atoms. The van der Waals surface area contributed by atoms with Gasteiger partial charge in [-0.2, -0.15) is 0 Å². The molecule has 0 bridgehead atoms. The van der Waals surface area contributed by atoms with Crippen LogP contribution in [0.15, 0.2) is 36.4 Å². The molecule has 0 unspecified atom stereocenters. The second kappa shape index (κ2) is 9.00.